The van der Waals surface area contributed by atoms with Crippen LogP contribution < -0.4 is 5.73 Å². The van der Waals surface area contributed by atoms with Crippen LogP contribution in [-0.2, 0) is 0 Å². The smallest absolute Gasteiger partial charge is 0.182 e. The third kappa shape index (κ3) is 2.16. The average molecular weight is 290 g/mol. The lowest BCUT2D eigenvalue weighted by atomic mass is 10.1. The summed E-state index contributed by atoms with van der Waals surface area (Å²) in [5, 5.41) is 12.9. The van der Waals surface area contributed by atoms with Gasteiger partial charge in [-0.25, -0.2) is 4.68 Å². The number of tetrazole rings is 1. The molecule has 2 aromatic rings. The molecule has 6 heteroatoms. The lowest BCUT2D eigenvalue weighted by Gasteiger charge is -2.17. The van der Waals surface area contributed by atoms with Crippen molar-refractivity contribution in [2.75, 3.05) is 5.73 Å². The summed E-state index contributed by atoms with van der Waals surface area (Å²) in [4.78, 5) is 0. The maximum Gasteiger partial charge on any atom is 0.182 e. The standard InChI is InChI=1S/C14H16ClN5/c15-11-5-10(6-12(16)7-11)14-17-18-19-20(14)13(8-1-2-8)9-3-4-9/h5-9,13H,1-4,16H2. The Morgan fingerprint density at radius 2 is 1.85 bits per heavy atom. The van der Waals surface area contributed by atoms with Crippen LogP contribution in [0.15, 0.2) is 18.2 Å². The molecule has 0 saturated heterocycles. The highest BCUT2D eigenvalue weighted by Crippen LogP contribution is 2.52. The van der Waals surface area contributed by atoms with Crippen LogP contribution in [0.2, 0.25) is 5.02 Å². The highest BCUT2D eigenvalue weighted by molar-refractivity contribution is 6.31. The summed E-state index contributed by atoms with van der Waals surface area (Å²) in [7, 11) is 0. The summed E-state index contributed by atoms with van der Waals surface area (Å²) in [5.74, 6) is 2.26. The van der Waals surface area contributed by atoms with Crippen molar-refractivity contribution in [2.24, 2.45) is 11.8 Å². The first-order chi connectivity index (χ1) is 9.72. The molecule has 0 unspecified atom stereocenters. The second-order valence-electron chi connectivity index (χ2n) is 5.89. The molecule has 5 nitrogen and oxygen atoms in total. The lowest BCUT2D eigenvalue weighted by molar-refractivity contribution is 0.357. The van der Waals surface area contributed by atoms with Crippen LogP contribution >= 0.6 is 11.6 Å². The average Bonchev–Trinajstić information content (AvgIpc) is 3.29. The second-order valence-corrected chi connectivity index (χ2v) is 6.32. The van der Waals surface area contributed by atoms with E-state index in [1.807, 2.05) is 16.8 Å². The highest BCUT2D eigenvalue weighted by Gasteiger charge is 2.44. The molecule has 1 aromatic carbocycles. The molecule has 0 bridgehead atoms. The van der Waals surface area contributed by atoms with Gasteiger partial charge in [-0.2, -0.15) is 0 Å². The molecular weight excluding hydrogens is 274 g/mol. The number of hydrogen-bond donors (Lipinski definition) is 1. The first-order valence-corrected chi connectivity index (χ1v) is 7.44. The molecule has 2 aliphatic carbocycles. The molecule has 0 radical (unpaired) electrons. The summed E-state index contributed by atoms with van der Waals surface area (Å²) >= 11 is 6.09. The van der Waals surface area contributed by atoms with E-state index < -0.39 is 0 Å². The van der Waals surface area contributed by atoms with Crippen LogP contribution in [0.5, 0.6) is 0 Å². The summed E-state index contributed by atoms with van der Waals surface area (Å²) in [5.41, 5.74) is 7.40. The van der Waals surface area contributed by atoms with Gasteiger partial charge in [-0.3, -0.25) is 0 Å². The van der Waals surface area contributed by atoms with Gasteiger partial charge in [-0.15, -0.1) is 5.10 Å². The van der Waals surface area contributed by atoms with E-state index in [4.69, 9.17) is 17.3 Å². The molecule has 2 fully saturated rings. The Kier molecular flexibility index (Phi) is 2.70. The van der Waals surface area contributed by atoms with Crippen LogP contribution in [0.4, 0.5) is 5.69 Å². The molecule has 4 rings (SSSR count). The molecule has 20 heavy (non-hydrogen) atoms. The van der Waals surface area contributed by atoms with Crippen molar-refractivity contribution in [3.05, 3.63) is 23.2 Å². The molecule has 1 aromatic heterocycles. The summed E-state index contributed by atoms with van der Waals surface area (Å²) < 4.78 is 2.00. The monoisotopic (exact) mass is 289 g/mol. The highest BCUT2D eigenvalue weighted by atomic mass is 35.5. The fourth-order valence-electron chi connectivity index (χ4n) is 2.99. The zero-order valence-corrected chi connectivity index (χ0v) is 11.8. The molecule has 0 spiro atoms. The minimum atomic E-state index is 0.445. The van der Waals surface area contributed by atoms with Gasteiger partial charge < -0.3 is 5.73 Å². The predicted octanol–water partition coefficient (Wildman–Crippen LogP) is 2.94. The summed E-state index contributed by atoms with van der Waals surface area (Å²) in [6.07, 6.45) is 5.16. The summed E-state index contributed by atoms with van der Waals surface area (Å²) in [6.45, 7) is 0. The van der Waals surface area contributed by atoms with Crippen LogP contribution in [0.3, 0.4) is 0 Å². The normalized spacial score (nSPS) is 18.7. The van der Waals surface area contributed by atoms with E-state index in [0.717, 1.165) is 23.2 Å². The second kappa shape index (κ2) is 4.45. The number of aromatic nitrogens is 4. The van der Waals surface area contributed by atoms with Crippen LogP contribution in [-0.4, -0.2) is 20.2 Å². The number of benzene rings is 1. The Morgan fingerprint density at radius 3 is 2.45 bits per heavy atom. The molecule has 2 aliphatic rings. The molecule has 0 aliphatic heterocycles. The Bertz CT molecular complexity index is 613. The van der Waals surface area contributed by atoms with Gasteiger partial charge in [0.1, 0.15) is 0 Å². The van der Waals surface area contributed by atoms with Crippen LogP contribution in [0.25, 0.3) is 11.4 Å². The fourth-order valence-corrected chi connectivity index (χ4v) is 3.23. The van der Waals surface area contributed by atoms with Crippen molar-refractivity contribution in [3.63, 3.8) is 0 Å². The molecular formula is C14H16ClN5. The molecule has 104 valence electrons. The van der Waals surface area contributed by atoms with Crippen molar-refractivity contribution in [1.29, 1.82) is 0 Å². The topological polar surface area (TPSA) is 69.6 Å². The predicted molar refractivity (Wildman–Crippen MR) is 77.2 cm³/mol. The van der Waals surface area contributed by atoms with Crippen molar-refractivity contribution in [1.82, 2.24) is 20.2 Å². The van der Waals surface area contributed by atoms with Crippen molar-refractivity contribution >= 4 is 17.3 Å². The van der Waals surface area contributed by atoms with Crippen LogP contribution in [0.1, 0.15) is 31.7 Å². The van der Waals surface area contributed by atoms with Crippen molar-refractivity contribution < 1.29 is 0 Å². The number of rotatable bonds is 4. The number of nitrogens with zero attached hydrogens (tertiary/aromatic N) is 4. The minimum Gasteiger partial charge on any atom is -0.399 e. The quantitative estimate of drug-likeness (QED) is 0.879. The van der Waals surface area contributed by atoms with Crippen LogP contribution in [0, 0.1) is 11.8 Å². The van der Waals surface area contributed by atoms with Crippen molar-refractivity contribution in [2.45, 2.75) is 31.7 Å². The molecule has 0 atom stereocenters. The number of hydrogen-bond acceptors (Lipinski definition) is 4. The maximum absolute atomic E-state index is 6.09. The number of anilines is 1. The van der Waals surface area contributed by atoms with E-state index in [2.05, 4.69) is 15.5 Å². The Labute approximate surface area is 122 Å². The number of nitrogen functional groups attached to an aromatic ring is 1. The zero-order chi connectivity index (χ0) is 13.7. The zero-order valence-electron chi connectivity index (χ0n) is 11.0. The first kappa shape index (κ1) is 12.1. The Hall–Kier alpha value is -1.62. The SMILES string of the molecule is Nc1cc(Cl)cc(-c2nnnn2C(C2CC2)C2CC2)c1. The summed E-state index contributed by atoms with van der Waals surface area (Å²) in [6, 6.07) is 5.93. The lowest BCUT2D eigenvalue weighted by Crippen LogP contribution is -2.16. The van der Waals surface area contributed by atoms with E-state index in [0.29, 0.717) is 16.8 Å². The van der Waals surface area contributed by atoms with Gasteiger partial charge in [0.2, 0.25) is 0 Å². The first-order valence-electron chi connectivity index (χ1n) is 7.06. The van der Waals surface area contributed by atoms with Gasteiger partial charge in [0, 0.05) is 16.3 Å². The van der Waals surface area contributed by atoms with Crippen molar-refractivity contribution in [3.8, 4) is 11.4 Å². The fraction of sp³-hybridized carbons (Fsp3) is 0.500. The Morgan fingerprint density at radius 1 is 1.15 bits per heavy atom. The van der Waals surface area contributed by atoms with E-state index in [-0.39, 0.29) is 0 Å². The molecule has 1 heterocycles. The molecule has 0 amide bonds. The Balaban J connectivity index is 1.77. The third-order valence-electron chi connectivity index (χ3n) is 4.16. The van der Waals surface area contributed by atoms with E-state index in [9.17, 15) is 0 Å². The van der Waals surface area contributed by atoms with Gasteiger partial charge in [-0.05, 0) is 66.1 Å². The van der Waals surface area contributed by atoms with Gasteiger partial charge in [0.05, 0.1) is 6.04 Å². The van der Waals surface area contributed by atoms with E-state index >= 15 is 0 Å². The minimum absolute atomic E-state index is 0.445. The van der Waals surface area contributed by atoms with E-state index in [1.165, 1.54) is 25.7 Å². The maximum atomic E-state index is 6.09. The number of halogens is 1. The molecule has 2 N–H and O–H groups in total. The number of nitrogens with two attached hydrogens (primary N) is 1. The third-order valence-corrected chi connectivity index (χ3v) is 4.38. The van der Waals surface area contributed by atoms with Gasteiger partial charge in [0.15, 0.2) is 5.82 Å². The molecule has 2 saturated carbocycles. The largest absolute Gasteiger partial charge is 0.399 e. The van der Waals surface area contributed by atoms with E-state index in [1.54, 1.807) is 6.07 Å². The van der Waals surface area contributed by atoms with Gasteiger partial charge >= 0.3 is 0 Å². The van der Waals surface area contributed by atoms with Gasteiger partial charge in [0.25, 0.3) is 0 Å². The van der Waals surface area contributed by atoms with Gasteiger partial charge in [-0.1, -0.05) is 11.6 Å².